The number of aromatic carboxylic acids is 1. The van der Waals surface area contributed by atoms with E-state index in [1.165, 1.54) is 25.2 Å². The van der Waals surface area contributed by atoms with Crippen LogP contribution in [0.2, 0.25) is 0 Å². The van der Waals surface area contributed by atoms with Crippen LogP contribution in [0, 0.1) is 0 Å². The molecule has 0 aromatic carbocycles. The van der Waals surface area contributed by atoms with Crippen LogP contribution < -0.4 is 5.32 Å². The third-order valence-corrected chi connectivity index (χ3v) is 4.28. The van der Waals surface area contributed by atoms with Gasteiger partial charge in [-0.3, -0.25) is 0 Å². The van der Waals surface area contributed by atoms with Crippen molar-refractivity contribution in [3.8, 4) is 0 Å². The van der Waals surface area contributed by atoms with E-state index in [0.29, 0.717) is 17.1 Å². The third-order valence-electron chi connectivity index (χ3n) is 3.18. The van der Waals surface area contributed by atoms with E-state index in [2.05, 4.69) is 21.5 Å². The molecule has 0 bridgehead atoms. The standard InChI is InChI=1S/C12H17N3O2S/c1-18-9-4-2-3-8(5-9)15-11-7-13-10(6-14-11)12(16)17/h6-9H,2-5H2,1H3,(H,14,15)(H,16,17). The first-order valence-corrected chi connectivity index (χ1v) is 7.32. The Morgan fingerprint density at radius 3 is 2.89 bits per heavy atom. The number of carboxylic acid groups (broad SMARTS) is 1. The van der Waals surface area contributed by atoms with E-state index < -0.39 is 5.97 Å². The zero-order valence-electron chi connectivity index (χ0n) is 10.3. The third kappa shape index (κ3) is 3.35. The lowest BCUT2D eigenvalue weighted by Crippen LogP contribution is -2.29. The summed E-state index contributed by atoms with van der Waals surface area (Å²) in [5.74, 6) is -0.388. The summed E-state index contributed by atoms with van der Waals surface area (Å²) in [7, 11) is 0. The van der Waals surface area contributed by atoms with Crippen LogP contribution in [0.15, 0.2) is 12.4 Å². The molecule has 0 spiro atoms. The maximum Gasteiger partial charge on any atom is 0.356 e. The van der Waals surface area contributed by atoms with E-state index >= 15 is 0 Å². The molecule has 1 aromatic heterocycles. The summed E-state index contributed by atoms with van der Waals surface area (Å²) in [5, 5.41) is 12.8. The smallest absolute Gasteiger partial charge is 0.356 e. The summed E-state index contributed by atoms with van der Waals surface area (Å²) in [6, 6.07) is 0.418. The molecule has 2 unspecified atom stereocenters. The zero-order chi connectivity index (χ0) is 13.0. The van der Waals surface area contributed by atoms with Gasteiger partial charge in [0.05, 0.1) is 12.4 Å². The molecule has 1 aliphatic rings. The van der Waals surface area contributed by atoms with Crippen molar-refractivity contribution in [2.24, 2.45) is 0 Å². The fourth-order valence-electron chi connectivity index (χ4n) is 2.21. The molecule has 2 atom stereocenters. The zero-order valence-corrected chi connectivity index (χ0v) is 11.1. The van der Waals surface area contributed by atoms with Crippen molar-refractivity contribution in [1.82, 2.24) is 9.97 Å². The second-order valence-corrected chi connectivity index (χ2v) is 5.60. The minimum absolute atomic E-state index is 0.0221. The van der Waals surface area contributed by atoms with Gasteiger partial charge in [-0.15, -0.1) is 0 Å². The molecule has 98 valence electrons. The van der Waals surface area contributed by atoms with Gasteiger partial charge in [-0.2, -0.15) is 11.8 Å². The van der Waals surface area contributed by atoms with Crippen molar-refractivity contribution in [2.45, 2.75) is 37.0 Å². The van der Waals surface area contributed by atoms with Crippen LogP contribution >= 0.6 is 11.8 Å². The minimum atomic E-state index is -1.05. The van der Waals surface area contributed by atoms with Crippen LogP contribution in [-0.4, -0.2) is 38.6 Å². The Hall–Kier alpha value is -1.30. The first kappa shape index (κ1) is 13.1. The van der Waals surface area contributed by atoms with Crippen LogP contribution in [0.25, 0.3) is 0 Å². The van der Waals surface area contributed by atoms with Crippen LogP contribution in [0.5, 0.6) is 0 Å². The van der Waals surface area contributed by atoms with E-state index in [9.17, 15) is 4.79 Å². The van der Waals surface area contributed by atoms with Crippen molar-refractivity contribution < 1.29 is 9.90 Å². The van der Waals surface area contributed by atoms with Gasteiger partial charge in [0, 0.05) is 11.3 Å². The van der Waals surface area contributed by atoms with Gasteiger partial charge in [-0.25, -0.2) is 14.8 Å². The molecule has 1 fully saturated rings. The highest BCUT2D eigenvalue weighted by Crippen LogP contribution is 2.28. The minimum Gasteiger partial charge on any atom is -0.476 e. The molecule has 1 heterocycles. The van der Waals surface area contributed by atoms with E-state index in [1.807, 2.05) is 11.8 Å². The number of hydrogen-bond donors (Lipinski definition) is 2. The fraction of sp³-hybridized carbons (Fsp3) is 0.583. The monoisotopic (exact) mass is 267 g/mol. The molecular weight excluding hydrogens is 250 g/mol. The average molecular weight is 267 g/mol. The SMILES string of the molecule is CSC1CCCC(Nc2cnc(C(=O)O)cn2)C1. The summed E-state index contributed by atoms with van der Waals surface area (Å²) < 4.78 is 0. The highest BCUT2D eigenvalue weighted by Gasteiger charge is 2.21. The van der Waals surface area contributed by atoms with Crippen LogP contribution in [0.3, 0.4) is 0 Å². The van der Waals surface area contributed by atoms with Gasteiger partial charge in [0.15, 0.2) is 5.69 Å². The summed E-state index contributed by atoms with van der Waals surface area (Å²) in [6.07, 6.45) is 9.70. The number of thioether (sulfide) groups is 1. The number of aromatic nitrogens is 2. The number of carbonyl (C=O) groups is 1. The summed E-state index contributed by atoms with van der Waals surface area (Å²) in [5.41, 5.74) is -0.0221. The fourth-order valence-corrected chi connectivity index (χ4v) is 3.04. The second kappa shape index (κ2) is 6.04. The Morgan fingerprint density at radius 1 is 1.44 bits per heavy atom. The van der Waals surface area contributed by atoms with Crippen molar-refractivity contribution >= 4 is 23.5 Å². The van der Waals surface area contributed by atoms with E-state index in [1.54, 1.807) is 0 Å². The van der Waals surface area contributed by atoms with Gasteiger partial charge >= 0.3 is 5.97 Å². The van der Waals surface area contributed by atoms with Gasteiger partial charge in [0.25, 0.3) is 0 Å². The van der Waals surface area contributed by atoms with E-state index in [-0.39, 0.29) is 5.69 Å². The molecule has 18 heavy (non-hydrogen) atoms. The van der Waals surface area contributed by atoms with Gasteiger partial charge in [0.1, 0.15) is 5.82 Å². The lowest BCUT2D eigenvalue weighted by atomic mass is 9.95. The van der Waals surface area contributed by atoms with Gasteiger partial charge in [-0.05, 0) is 25.5 Å². The van der Waals surface area contributed by atoms with Crippen LogP contribution in [-0.2, 0) is 0 Å². The summed E-state index contributed by atoms with van der Waals surface area (Å²) in [4.78, 5) is 18.6. The largest absolute Gasteiger partial charge is 0.476 e. The van der Waals surface area contributed by atoms with E-state index in [4.69, 9.17) is 5.11 Å². The predicted molar refractivity (Wildman–Crippen MR) is 72.2 cm³/mol. The van der Waals surface area contributed by atoms with Crippen molar-refractivity contribution in [3.05, 3.63) is 18.1 Å². The molecule has 1 saturated carbocycles. The Morgan fingerprint density at radius 2 is 2.28 bits per heavy atom. The van der Waals surface area contributed by atoms with Gasteiger partial charge in [0.2, 0.25) is 0 Å². The topological polar surface area (TPSA) is 75.1 Å². The quantitative estimate of drug-likeness (QED) is 0.871. The van der Waals surface area contributed by atoms with Gasteiger partial charge in [-0.1, -0.05) is 6.42 Å². The van der Waals surface area contributed by atoms with Crippen molar-refractivity contribution in [2.75, 3.05) is 11.6 Å². The lowest BCUT2D eigenvalue weighted by molar-refractivity contribution is 0.0690. The molecule has 0 amide bonds. The molecule has 1 aliphatic carbocycles. The maximum absolute atomic E-state index is 10.7. The Bertz CT molecular complexity index is 410. The van der Waals surface area contributed by atoms with Crippen LogP contribution in [0.4, 0.5) is 5.82 Å². The molecule has 0 radical (unpaired) electrons. The molecule has 0 aliphatic heterocycles. The Kier molecular flexibility index (Phi) is 4.41. The number of anilines is 1. The number of rotatable bonds is 4. The average Bonchev–Trinajstić information content (AvgIpc) is 2.39. The first-order valence-electron chi connectivity index (χ1n) is 6.03. The number of hydrogen-bond acceptors (Lipinski definition) is 5. The highest BCUT2D eigenvalue weighted by molar-refractivity contribution is 7.99. The summed E-state index contributed by atoms with van der Waals surface area (Å²) in [6.45, 7) is 0. The van der Waals surface area contributed by atoms with Crippen molar-refractivity contribution in [1.29, 1.82) is 0 Å². The highest BCUT2D eigenvalue weighted by atomic mass is 32.2. The normalized spacial score (nSPS) is 23.6. The second-order valence-electron chi connectivity index (χ2n) is 4.46. The van der Waals surface area contributed by atoms with Gasteiger partial charge < -0.3 is 10.4 Å². The molecule has 1 aromatic rings. The first-order chi connectivity index (χ1) is 8.69. The molecule has 2 rings (SSSR count). The number of nitrogens with one attached hydrogen (secondary N) is 1. The Balaban J connectivity index is 1.94. The molecule has 5 nitrogen and oxygen atoms in total. The molecule has 0 saturated heterocycles. The Labute approximate surface area is 110 Å². The molecule has 6 heteroatoms. The number of nitrogens with zero attached hydrogens (tertiary/aromatic N) is 2. The summed E-state index contributed by atoms with van der Waals surface area (Å²) >= 11 is 1.91. The maximum atomic E-state index is 10.7. The van der Waals surface area contributed by atoms with E-state index in [0.717, 1.165) is 12.8 Å². The van der Waals surface area contributed by atoms with Crippen molar-refractivity contribution in [3.63, 3.8) is 0 Å². The number of carboxylic acids is 1. The molecule has 2 N–H and O–H groups in total. The van der Waals surface area contributed by atoms with Crippen LogP contribution in [0.1, 0.15) is 36.2 Å². The predicted octanol–water partition coefficient (Wildman–Crippen LogP) is 2.26. The lowest BCUT2D eigenvalue weighted by Gasteiger charge is -2.28. The molecular formula is C12H17N3O2S.